The van der Waals surface area contributed by atoms with E-state index in [1.165, 1.54) is 4.31 Å². The Morgan fingerprint density at radius 1 is 1.06 bits per heavy atom. The molecule has 2 aromatic carbocycles. The van der Waals surface area contributed by atoms with E-state index in [4.69, 9.17) is 11.6 Å². The van der Waals surface area contributed by atoms with Crippen molar-refractivity contribution < 1.29 is 18.0 Å². The van der Waals surface area contributed by atoms with Gasteiger partial charge in [0.05, 0.1) is 11.9 Å². The maximum absolute atomic E-state index is 13.5. The Morgan fingerprint density at radius 2 is 1.69 bits per heavy atom. The molecule has 0 saturated carbocycles. The molecule has 0 bridgehead atoms. The first-order chi connectivity index (χ1) is 16.8. The van der Waals surface area contributed by atoms with Crippen LogP contribution in [0, 0.1) is 13.8 Å². The Morgan fingerprint density at radius 3 is 2.25 bits per heavy atom. The number of carbonyl (C=O) groups excluding carboxylic acids is 2. The number of benzene rings is 2. The molecule has 1 atom stereocenters. The maximum atomic E-state index is 13.5. The molecule has 0 aliphatic rings. The summed E-state index contributed by atoms with van der Waals surface area (Å²) in [7, 11) is -3.59. The highest BCUT2D eigenvalue weighted by Crippen LogP contribution is 2.28. The average Bonchev–Trinajstić information content (AvgIpc) is 2.78. The van der Waals surface area contributed by atoms with Crippen molar-refractivity contribution >= 4 is 39.1 Å². The lowest BCUT2D eigenvalue weighted by Gasteiger charge is -2.31. The number of hydrogen-bond donors (Lipinski definition) is 1. The zero-order valence-corrected chi connectivity index (χ0v) is 23.6. The van der Waals surface area contributed by atoms with Gasteiger partial charge in [-0.2, -0.15) is 0 Å². The van der Waals surface area contributed by atoms with Crippen LogP contribution in [0.1, 0.15) is 56.7 Å². The number of sulfonamides is 1. The molecular formula is C27H38ClN3O4S. The van der Waals surface area contributed by atoms with Crippen LogP contribution in [0.15, 0.2) is 42.5 Å². The molecule has 7 nitrogen and oxygen atoms in total. The van der Waals surface area contributed by atoms with Crippen molar-refractivity contribution in [3.63, 3.8) is 0 Å². The van der Waals surface area contributed by atoms with Gasteiger partial charge in [-0.1, -0.05) is 54.4 Å². The zero-order chi connectivity index (χ0) is 27.0. The first-order valence-electron chi connectivity index (χ1n) is 12.2. The van der Waals surface area contributed by atoms with Gasteiger partial charge in [-0.15, -0.1) is 0 Å². The van der Waals surface area contributed by atoms with E-state index in [1.807, 2.05) is 52.0 Å². The second-order valence-corrected chi connectivity index (χ2v) is 11.7. The van der Waals surface area contributed by atoms with Crippen LogP contribution in [-0.2, 0) is 26.2 Å². The molecule has 1 N–H and O–H groups in total. The van der Waals surface area contributed by atoms with Gasteiger partial charge in [0.1, 0.15) is 6.04 Å². The van der Waals surface area contributed by atoms with E-state index in [0.29, 0.717) is 35.7 Å². The van der Waals surface area contributed by atoms with Crippen molar-refractivity contribution in [2.75, 3.05) is 17.1 Å². The Kier molecular flexibility index (Phi) is 10.8. The van der Waals surface area contributed by atoms with E-state index >= 15 is 0 Å². The number of nitrogens with one attached hydrogen (secondary N) is 1. The molecule has 0 fully saturated rings. The predicted molar refractivity (Wildman–Crippen MR) is 147 cm³/mol. The second-order valence-electron chi connectivity index (χ2n) is 9.42. The Balaban J connectivity index is 2.24. The predicted octanol–water partition coefficient (Wildman–Crippen LogP) is 4.84. The minimum atomic E-state index is -3.59. The summed E-state index contributed by atoms with van der Waals surface area (Å²) in [6, 6.07) is 12.3. The van der Waals surface area contributed by atoms with Crippen molar-refractivity contribution in [3.05, 3.63) is 64.2 Å². The molecule has 9 heteroatoms. The number of amides is 2. The summed E-state index contributed by atoms with van der Waals surface area (Å²) in [6.45, 7) is 9.83. The standard InChI is InChI=1S/C27H38ClN3O4S/c1-7-24(27(33)29-19(2)3)30(18-22-15-13-20(4)14-16-22)26(32)12-9-17-31(36(6,34)35)25-11-8-10-23(28)21(25)5/h8,10-11,13-16,19,24H,7,9,12,17-18H2,1-6H3,(H,29,33)/t24-/m0/s1. The second kappa shape index (κ2) is 13.1. The summed E-state index contributed by atoms with van der Waals surface area (Å²) in [5.41, 5.74) is 3.19. The maximum Gasteiger partial charge on any atom is 0.243 e. The van der Waals surface area contributed by atoms with Crippen LogP contribution in [0.4, 0.5) is 5.69 Å². The number of halogens is 1. The van der Waals surface area contributed by atoms with E-state index in [2.05, 4.69) is 5.32 Å². The molecule has 0 heterocycles. The molecule has 0 unspecified atom stereocenters. The number of rotatable bonds is 12. The molecule has 2 rings (SSSR count). The van der Waals surface area contributed by atoms with Crippen molar-refractivity contribution in [1.29, 1.82) is 0 Å². The van der Waals surface area contributed by atoms with Crippen LogP contribution < -0.4 is 9.62 Å². The van der Waals surface area contributed by atoms with Gasteiger partial charge >= 0.3 is 0 Å². The van der Waals surface area contributed by atoms with E-state index in [1.54, 1.807) is 30.0 Å². The summed E-state index contributed by atoms with van der Waals surface area (Å²) >= 11 is 6.22. The van der Waals surface area contributed by atoms with Crippen LogP contribution in [0.25, 0.3) is 0 Å². The fourth-order valence-electron chi connectivity index (χ4n) is 4.04. The van der Waals surface area contributed by atoms with Gasteiger partial charge in [0.15, 0.2) is 0 Å². The average molecular weight is 536 g/mol. The summed E-state index contributed by atoms with van der Waals surface area (Å²) in [5, 5.41) is 3.39. The smallest absolute Gasteiger partial charge is 0.243 e. The zero-order valence-electron chi connectivity index (χ0n) is 22.0. The van der Waals surface area contributed by atoms with Crippen molar-refractivity contribution in [3.8, 4) is 0 Å². The van der Waals surface area contributed by atoms with Gasteiger partial charge in [-0.25, -0.2) is 8.42 Å². The van der Waals surface area contributed by atoms with Gasteiger partial charge in [0.2, 0.25) is 21.8 Å². The number of hydrogen-bond acceptors (Lipinski definition) is 4. The molecule has 0 aliphatic heterocycles. The fraction of sp³-hybridized carbons (Fsp3) is 0.481. The third-order valence-corrected chi connectivity index (χ3v) is 7.54. The number of carbonyl (C=O) groups is 2. The van der Waals surface area contributed by atoms with E-state index in [9.17, 15) is 18.0 Å². The third kappa shape index (κ3) is 8.23. The largest absolute Gasteiger partial charge is 0.352 e. The molecule has 36 heavy (non-hydrogen) atoms. The minimum Gasteiger partial charge on any atom is -0.352 e. The number of anilines is 1. The molecule has 198 valence electrons. The van der Waals surface area contributed by atoms with Crippen molar-refractivity contribution in [1.82, 2.24) is 10.2 Å². The lowest BCUT2D eigenvalue weighted by molar-refractivity contribution is -0.141. The van der Waals surface area contributed by atoms with Crippen LogP contribution in [0.3, 0.4) is 0 Å². The van der Waals surface area contributed by atoms with E-state index in [0.717, 1.165) is 17.4 Å². The Labute approximate surface area is 220 Å². The molecule has 2 aromatic rings. The monoisotopic (exact) mass is 535 g/mol. The summed E-state index contributed by atoms with van der Waals surface area (Å²) in [5.74, 6) is -0.391. The molecule has 0 saturated heterocycles. The number of nitrogens with zero attached hydrogens (tertiary/aromatic N) is 2. The van der Waals surface area contributed by atoms with Gasteiger partial charge in [0.25, 0.3) is 0 Å². The Bertz CT molecular complexity index is 1150. The van der Waals surface area contributed by atoms with Gasteiger partial charge < -0.3 is 10.2 Å². The van der Waals surface area contributed by atoms with Crippen LogP contribution >= 0.6 is 11.6 Å². The molecule has 0 radical (unpaired) electrons. The van der Waals surface area contributed by atoms with Gasteiger partial charge in [-0.05, 0) is 63.8 Å². The molecule has 0 spiro atoms. The van der Waals surface area contributed by atoms with Gasteiger partial charge in [0, 0.05) is 30.6 Å². The highest BCUT2D eigenvalue weighted by molar-refractivity contribution is 7.92. The summed E-state index contributed by atoms with van der Waals surface area (Å²) in [4.78, 5) is 28.0. The SMILES string of the molecule is CC[C@@H](C(=O)NC(C)C)N(Cc1ccc(C)cc1)C(=O)CCCN(c1cccc(Cl)c1C)S(C)(=O)=O. The van der Waals surface area contributed by atoms with Crippen LogP contribution in [-0.4, -0.2) is 50.0 Å². The minimum absolute atomic E-state index is 0.0490. The van der Waals surface area contributed by atoms with Crippen LogP contribution in [0.2, 0.25) is 5.02 Å². The fourth-order valence-corrected chi connectivity index (χ4v) is 5.22. The Hall–Kier alpha value is -2.58. The van der Waals surface area contributed by atoms with Crippen molar-refractivity contribution in [2.45, 2.75) is 72.5 Å². The lowest BCUT2D eigenvalue weighted by atomic mass is 10.1. The first-order valence-corrected chi connectivity index (χ1v) is 14.5. The van der Waals surface area contributed by atoms with E-state index < -0.39 is 16.1 Å². The van der Waals surface area contributed by atoms with Crippen molar-refractivity contribution in [2.24, 2.45) is 0 Å². The van der Waals surface area contributed by atoms with Gasteiger partial charge in [-0.3, -0.25) is 13.9 Å². The molecule has 0 aliphatic carbocycles. The highest BCUT2D eigenvalue weighted by Gasteiger charge is 2.29. The molecule has 0 aromatic heterocycles. The lowest BCUT2D eigenvalue weighted by Crippen LogP contribution is -2.50. The third-order valence-electron chi connectivity index (χ3n) is 5.95. The normalized spacial score (nSPS) is 12.3. The highest BCUT2D eigenvalue weighted by atomic mass is 35.5. The van der Waals surface area contributed by atoms with E-state index in [-0.39, 0.29) is 30.8 Å². The summed E-state index contributed by atoms with van der Waals surface area (Å²) in [6.07, 6.45) is 2.00. The first kappa shape index (κ1) is 29.6. The van der Waals surface area contributed by atoms with Crippen LogP contribution in [0.5, 0.6) is 0 Å². The summed E-state index contributed by atoms with van der Waals surface area (Å²) < 4.78 is 26.4. The molecular weight excluding hydrogens is 498 g/mol. The topological polar surface area (TPSA) is 86.8 Å². The molecule has 2 amide bonds. The quantitative estimate of drug-likeness (QED) is 0.421. The number of aryl methyl sites for hydroxylation is 1.